The van der Waals surface area contributed by atoms with Crippen molar-refractivity contribution in [1.29, 1.82) is 0 Å². The average Bonchev–Trinajstić information content (AvgIpc) is 3.27. The zero-order valence-corrected chi connectivity index (χ0v) is 21.5. The van der Waals surface area contributed by atoms with Crippen molar-refractivity contribution in [2.45, 2.75) is 77.2 Å². The Morgan fingerprint density at radius 1 is 1.19 bits per heavy atom. The van der Waals surface area contributed by atoms with Gasteiger partial charge < -0.3 is 14.6 Å². The number of benzene rings is 2. The molecule has 0 aliphatic heterocycles. The average molecular weight is 485 g/mol. The topological polar surface area (TPSA) is 55.8 Å². The van der Waals surface area contributed by atoms with Gasteiger partial charge in [-0.2, -0.15) is 0 Å². The van der Waals surface area contributed by atoms with Gasteiger partial charge in [-0.3, -0.25) is 4.79 Å². The third-order valence-corrected chi connectivity index (χ3v) is 6.97. The van der Waals surface area contributed by atoms with E-state index in [0.717, 1.165) is 55.8 Å². The number of fused-ring (bicyclic) bond motifs is 1. The Hall–Kier alpha value is -3.45. The summed E-state index contributed by atoms with van der Waals surface area (Å²) in [6, 6.07) is 14.2. The molecule has 2 aliphatic rings. The van der Waals surface area contributed by atoms with Crippen molar-refractivity contribution in [3.63, 3.8) is 0 Å². The first kappa shape index (κ1) is 25.6. The first-order chi connectivity index (χ1) is 17.5. The zero-order valence-electron chi connectivity index (χ0n) is 21.5. The quantitative estimate of drug-likeness (QED) is 0.283. The van der Waals surface area contributed by atoms with E-state index in [9.17, 15) is 9.90 Å². The van der Waals surface area contributed by atoms with Gasteiger partial charge in [0.15, 0.2) is 0 Å². The molecule has 0 bridgehead atoms. The van der Waals surface area contributed by atoms with Crippen LogP contribution in [-0.4, -0.2) is 23.8 Å². The molecule has 1 saturated carbocycles. The summed E-state index contributed by atoms with van der Waals surface area (Å²) in [6.07, 6.45) is 9.93. The highest BCUT2D eigenvalue weighted by atomic mass is 16.5. The molecule has 4 rings (SSSR count). The summed E-state index contributed by atoms with van der Waals surface area (Å²) in [7, 11) is 0. The Bertz CT molecular complexity index is 1190. The van der Waals surface area contributed by atoms with Gasteiger partial charge in [-0.1, -0.05) is 61.2 Å². The second-order valence-corrected chi connectivity index (χ2v) is 9.70. The second kappa shape index (κ2) is 12.0. The highest BCUT2D eigenvalue weighted by Crippen LogP contribution is 2.43. The summed E-state index contributed by atoms with van der Waals surface area (Å²) >= 11 is 0. The van der Waals surface area contributed by atoms with E-state index in [1.165, 1.54) is 22.3 Å². The SMILES string of the molecule is CC#C[C@@H](CC(=O)O)c1ccc(OC2CCC3=CCC(c4cc(C)ccc4OCCCC)C=C32)cc1. The van der Waals surface area contributed by atoms with Crippen molar-refractivity contribution < 1.29 is 19.4 Å². The summed E-state index contributed by atoms with van der Waals surface area (Å²) in [5.74, 6) is 6.76. The van der Waals surface area contributed by atoms with E-state index in [2.05, 4.69) is 56.0 Å². The molecule has 0 heterocycles. The summed E-state index contributed by atoms with van der Waals surface area (Å²) < 4.78 is 12.6. The second-order valence-electron chi connectivity index (χ2n) is 9.70. The number of unbranched alkanes of at least 4 members (excludes halogenated alkanes) is 1. The maximum Gasteiger partial charge on any atom is 0.304 e. The summed E-state index contributed by atoms with van der Waals surface area (Å²) in [5, 5.41) is 9.20. The van der Waals surface area contributed by atoms with E-state index in [1.807, 2.05) is 24.3 Å². The molecule has 4 nitrogen and oxygen atoms in total. The fourth-order valence-corrected chi connectivity index (χ4v) is 5.08. The molecule has 188 valence electrons. The van der Waals surface area contributed by atoms with Crippen molar-refractivity contribution in [2.24, 2.45) is 0 Å². The number of ether oxygens (including phenoxy) is 2. The first-order valence-corrected chi connectivity index (χ1v) is 13.0. The Balaban J connectivity index is 1.51. The monoisotopic (exact) mass is 484 g/mol. The van der Waals surface area contributed by atoms with Gasteiger partial charge in [0, 0.05) is 11.5 Å². The number of carboxylic acid groups (broad SMARTS) is 1. The van der Waals surface area contributed by atoms with Gasteiger partial charge in [0.05, 0.1) is 18.9 Å². The number of rotatable bonds is 10. The summed E-state index contributed by atoms with van der Waals surface area (Å²) in [5.41, 5.74) is 6.09. The van der Waals surface area contributed by atoms with Crippen LogP contribution in [0.3, 0.4) is 0 Å². The van der Waals surface area contributed by atoms with E-state index < -0.39 is 5.97 Å². The number of hydrogen-bond acceptors (Lipinski definition) is 3. The van der Waals surface area contributed by atoms with E-state index in [0.29, 0.717) is 0 Å². The van der Waals surface area contributed by atoms with Crippen LogP contribution >= 0.6 is 0 Å². The van der Waals surface area contributed by atoms with Gasteiger partial charge in [0.25, 0.3) is 0 Å². The molecule has 0 saturated heterocycles. The van der Waals surface area contributed by atoms with Crippen molar-refractivity contribution in [3.05, 3.63) is 82.5 Å². The third kappa shape index (κ3) is 6.21. The molecular formula is C32H36O4. The minimum atomic E-state index is -0.848. The highest BCUT2D eigenvalue weighted by Gasteiger charge is 2.31. The Kier molecular flexibility index (Phi) is 8.54. The standard InChI is InChI=1S/C32H36O4/c1-4-6-18-35-30-16-8-22(3)19-28(30)26-10-9-24-13-17-31(29(24)20-26)36-27-14-11-23(12-15-27)25(7-5-2)21-32(33)34/h8-9,11-12,14-16,19-20,25-26,31H,4,6,10,13,17-18,21H2,1-3H3,(H,33,34)/t25-,26?,31?/m0/s1. The van der Waals surface area contributed by atoms with Crippen LogP contribution in [0.15, 0.2) is 65.8 Å². The highest BCUT2D eigenvalue weighted by molar-refractivity contribution is 5.69. The van der Waals surface area contributed by atoms with Gasteiger partial charge in [-0.15, -0.1) is 5.92 Å². The third-order valence-electron chi connectivity index (χ3n) is 6.97. The molecule has 4 heteroatoms. The van der Waals surface area contributed by atoms with Crippen LogP contribution in [0.4, 0.5) is 0 Å². The van der Waals surface area contributed by atoms with Crippen molar-refractivity contribution in [3.8, 4) is 23.3 Å². The van der Waals surface area contributed by atoms with E-state index >= 15 is 0 Å². The number of aryl methyl sites for hydroxylation is 1. The van der Waals surface area contributed by atoms with Crippen LogP contribution in [0.5, 0.6) is 11.5 Å². The van der Waals surface area contributed by atoms with Gasteiger partial charge in [-0.05, 0) is 74.4 Å². The molecular weight excluding hydrogens is 448 g/mol. The molecule has 2 aliphatic carbocycles. The van der Waals surface area contributed by atoms with Crippen LogP contribution in [0.1, 0.15) is 80.9 Å². The molecule has 2 aromatic rings. The Labute approximate surface area is 215 Å². The smallest absolute Gasteiger partial charge is 0.304 e. The van der Waals surface area contributed by atoms with Gasteiger partial charge in [-0.25, -0.2) is 0 Å². The Morgan fingerprint density at radius 3 is 2.72 bits per heavy atom. The number of carboxylic acids is 1. The lowest BCUT2D eigenvalue weighted by Gasteiger charge is -2.24. The minimum Gasteiger partial charge on any atom is -0.493 e. The normalized spacial score (nSPS) is 19.3. The van der Waals surface area contributed by atoms with Gasteiger partial charge in [0.1, 0.15) is 17.6 Å². The van der Waals surface area contributed by atoms with E-state index in [-0.39, 0.29) is 24.4 Å². The van der Waals surface area contributed by atoms with Crippen LogP contribution < -0.4 is 9.47 Å². The molecule has 0 amide bonds. The lowest BCUT2D eigenvalue weighted by Crippen LogP contribution is -2.17. The predicted octanol–water partition coefficient (Wildman–Crippen LogP) is 7.34. The fourth-order valence-electron chi connectivity index (χ4n) is 5.08. The van der Waals surface area contributed by atoms with E-state index in [4.69, 9.17) is 9.47 Å². The molecule has 0 radical (unpaired) electrons. The lowest BCUT2D eigenvalue weighted by molar-refractivity contribution is -0.137. The summed E-state index contributed by atoms with van der Waals surface area (Å²) in [6.45, 7) is 6.79. The maximum atomic E-state index is 11.2. The summed E-state index contributed by atoms with van der Waals surface area (Å²) in [4.78, 5) is 11.2. The molecule has 1 fully saturated rings. The van der Waals surface area contributed by atoms with Crippen LogP contribution in [0.2, 0.25) is 0 Å². The molecule has 0 aromatic heterocycles. The molecule has 2 unspecified atom stereocenters. The molecule has 36 heavy (non-hydrogen) atoms. The zero-order chi connectivity index (χ0) is 25.5. The number of carbonyl (C=O) groups is 1. The molecule has 0 spiro atoms. The minimum absolute atomic E-state index is 0.00476. The number of allylic oxidation sites excluding steroid dienone is 2. The van der Waals surface area contributed by atoms with Gasteiger partial charge >= 0.3 is 5.97 Å². The largest absolute Gasteiger partial charge is 0.493 e. The van der Waals surface area contributed by atoms with Crippen LogP contribution in [0.25, 0.3) is 0 Å². The molecule has 1 N–H and O–H groups in total. The Morgan fingerprint density at radius 2 is 2.00 bits per heavy atom. The van der Waals surface area contributed by atoms with E-state index in [1.54, 1.807) is 6.92 Å². The molecule has 2 aromatic carbocycles. The molecule has 3 atom stereocenters. The lowest BCUT2D eigenvalue weighted by atomic mass is 9.85. The predicted molar refractivity (Wildman–Crippen MR) is 144 cm³/mol. The van der Waals surface area contributed by atoms with Crippen LogP contribution in [-0.2, 0) is 4.79 Å². The van der Waals surface area contributed by atoms with Crippen LogP contribution in [0, 0.1) is 18.8 Å². The van der Waals surface area contributed by atoms with Crippen molar-refractivity contribution >= 4 is 5.97 Å². The number of aliphatic carboxylic acids is 1. The maximum absolute atomic E-state index is 11.2. The number of hydrogen-bond donors (Lipinski definition) is 1. The first-order valence-electron chi connectivity index (χ1n) is 13.0. The van der Waals surface area contributed by atoms with Gasteiger partial charge in [0.2, 0.25) is 0 Å². The van der Waals surface area contributed by atoms with Crippen molar-refractivity contribution in [1.82, 2.24) is 0 Å². The van der Waals surface area contributed by atoms with Crippen molar-refractivity contribution in [2.75, 3.05) is 6.61 Å². The fraction of sp³-hybridized carbons (Fsp3) is 0.406.